The summed E-state index contributed by atoms with van der Waals surface area (Å²) in [5, 5.41) is 5.37. The van der Waals surface area contributed by atoms with Gasteiger partial charge in [-0.25, -0.2) is 19.8 Å². The van der Waals surface area contributed by atoms with E-state index in [2.05, 4.69) is 169 Å². The molecule has 9 aromatic carbocycles. The van der Waals surface area contributed by atoms with Crippen LogP contribution in [0.25, 0.3) is 93.9 Å². The summed E-state index contributed by atoms with van der Waals surface area (Å²) in [5.74, 6) is 3.38. The number of nitrogens with zero attached hydrogens (tertiary/aromatic N) is 4. The van der Waals surface area contributed by atoms with Crippen molar-refractivity contribution in [3.05, 3.63) is 229 Å². The fraction of sp³-hybridized carbons (Fsp3) is 0.156. The second-order valence-electron chi connectivity index (χ2n) is 19.8. The van der Waals surface area contributed by atoms with Crippen LogP contribution in [0.2, 0.25) is 0 Å². The van der Waals surface area contributed by atoms with E-state index in [1.165, 1.54) is 87.9 Å². The van der Waals surface area contributed by atoms with Gasteiger partial charge in [0.2, 0.25) is 0 Å². The first-order valence-electron chi connectivity index (χ1n) is 24.1. The maximum absolute atomic E-state index is 7.67. The quantitative estimate of drug-likeness (QED) is 0.143. The maximum atomic E-state index is 7.67. The Morgan fingerprint density at radius 2 is 0.809 bits per heavy atom. The molecule has 4 heteroatoms. The number of hydrogen-bond acceptors (Lipinski definition) is 3. The predicted molar refractivity (Wildman–Crippen MR) is 278 cm³/mol. The Kier molecular flexibility index (Phi) is 9.54. The first-order valence-corrected chi connectivity index (χ1v) is 24.1. The second-order valence-corrected chi connectivity index (χ2v) is 19.8. The van der Waals surface area contributed by atoms with Crippen LogP contribution in [0.3, 0.4) is 0 Å². The SMILES string of the molecule is [C-]#[N+]c1cccc(-c2ccc(C34CC5CC(CC(c6ccc(-c7ccc(-c8nc(-c9ccccc9)nc(-c9cccc(-c%10ccccc%10)c9)n8)cc7)c7ccccc67)(C5)C3)C4)c3ccccc23)c1. The predicted octanol–water partition coefficient (Wildman–Crippen LogP) is 16.5. The molecular formula is C64H48N4. The minimum atomic E-state index is 0.114. The average Bonchev–Trinajstić information content (AvgIpc) is 3.40. The fourth-order valence-corrected chi connectivity index (χ4v) is 13.3. The third-order valence-corrected chi connectivity index (χ3v) is 15.7. The topological polar surface area (TPSA) is 43.0 Å². The van der Waals surface area contributed by atoms with Crippen molar-refractivity contribution in [2.75, 3.05) is 0 Å². The Morgan fingerprint density at radius 3 is 1.40 bits per heavy atom. The molecule has 0 radical (unpaired) electrons. The van der Waals surface area contributed by atoms with Crippen molar-refractivity contribution < 1.29 is 0 Å². The number of aromatic nitrogens is 3. The molecule has 2 unspecified atom stereocenters. The first kappa shape index (κ1) is 40.3. The van der Waals surface area contributed by atoms with E-state index in [-0.39, 0.29) is 10.8 Å². The van der Waals surface area contributed by atoms with Gasteiger partial charge in [0.25, 0.3) is 0 Å². The molecule has 10 aromatic rings. The monoisotopic (exact) mass is 872 g/mol. The lowest BCUT2D eigenvalue weighted by Crippen LogP contribution is -2.56. The Hall–Kier alpha value is -8.00. The van der Waals surface area contributed by atoms with E-state index < -0.39 is 0 Å². The zero-order valence-corrected chi connectivity index (χ0v) is 37.8. The van der Waals surface area contributed by atoms with Crippen molar-refractivity contribution in [1.29, 1.82) is 0 Å². The molecule has 4 nitrogen and oxygen atoms in total. The zero-order chi connectivity index (χ0) is 45.2. The van der Waals surface area contributed by atoms with Crippen molar-refractivity contribution >= 4 is 27.2 Å². The second kappa shape index (κ2) is 16.1. The van der Waals surface area contributed by atoms with Crippen molar-refractivity contribution in [3.8, 4) is 67.5 Å². The highest BCUT2D eigenvalue weighted by atomic mass is 15.0. The van der Waals surface area contributed by atoms with Crippen LogP contribution in [0.4, 0.5) is 5.69 Å². The lowest BCUT2D eigenvalue weighted by Gasteiger charge is -2.63. The van der Waals surface area contributed by atoms with Gasteiger partial charge in [0.1, 0.15) is 0 Å². The number of rotatable bonds is 8. The summed E-state index contributed by atoms with van der Waals surface area (Å²) in [6.45, 7) is 7.67. The largest absolute Gasteiger partial charge is 0.238 e. The molecule has 4 aliphatic carbocycles. The van der Waals surface area contributed by atoms with Gasteiger partial charge in [-0.15, -0.1) is 0 Å². The van der Waals surface area contributed by atoms with Crippen LogP contribution in [-0.4, -0.2) is 15.0 Å². The van der Waals surface area contributed by atoms with Crippen LogP contribution in [0, 0.1) is 18.4 Å². The van der Waals surface area contributed by atoms with Crippen molar-refractivity contribution in [3.63, 3.8) is 0 Å². The molecule has 0 N–H and O–H groups in total. The highest BCUT2D eigenvalue weighted by Crippen LogP contribution is 2.67. The van der Waals surface area contributed by atoms with Gasteiger partial charge in [-0.3, -0.25) is 0 Å². The van der Waals surface area contributed by atoms with Gasteiger partial charge in [-0.1, -0.05) is 194 Å². The Labute approximate surface area is 397 Å². The lowest BCUT2D eigenvalue weighted by atomic mass is 9.41. The smallest absolute Gasteiger partial charge is 0.187 e. The third-order valence-electron chi connectivity index (χ3n) is 15.7. The molecule has 0 amide bonds. The molecule has 0 spiro atoms. The minimum Gasteiger partial charge on any atom is -0.238 e. The molecule has 14 rings (SSSR count). The van der Waals surface area contributed by atoms with E-state index in [0.29, 0.717) is 35.0 Å². The molecule has 68 heavy (non-hydrogen) atoms. The fourth-order valence-electron chi connectivity index (χ4n) is 13.3. The molecule has 1 heterocycles. The molecule has 0 saturated heterocycles. The van der Waals surface area contributed by atoms with Gasteiger partial charge in [0, 0.05) is 16.7 Å². The van der Waals surface area contributed by atoms with E-state index in [9.17, 15) is 0 Å². The van der Waals surface area contributed by atoms with Gasteiger partial charge in [-0.2, -0.15) is 0 Å². The van der Waals surface area contributed by atoms with Crippen LogP contribution >= 0.6 is 0 Å². The van der Waals surface area contributed by atoms with Crippen LogP contribution < -0.4 is 0 Å². The Balaban J connectivity index is 0.863. The van der Waals surface area contributed by atoms with Crippen molar-refractivity contribution in [2.24, 2.45) is 11.8 Å². The highest BCUT2D eigenvalue weighted by Gasteiger charge is 2.59. The summed E-state index contributed by atoms with van der Waals surface area (Å²) in [5.41, 5.74) is 13.9. The summed E-state index contributed by atoms with van der Waals surface area (Å²) < 4.78 is 0. The highest BCUT2D eigenvalue weighted by molar-refractivity contribution is 6.01. The van der Waals surface area contributed by atoms with E-state index in [4.69, 9.17) is 21.5 Å². The summed E-state index contributed by atoms with van der Waals surface area (Å²) in [4.78, 5) is 19.0. The van der Waals surface area contributed by atoms with E-state index in [0.717, 1.165) is 33.4 Å². The molecule has 4 aliphatic rings. The van der Waals surface area contributed by atoms with Gasteiger partial charge >= 0.3 is 0 Å². The normalized spacial score (nSPS) is 20.4. The molecule has 0 aliphatic heterocycles. The van der Waals surface area contributed by atoms with E-state index in [1.54, 1.807) is 0 Å². The Bertz CT molecular complexity index is 3590. The lowest BCUT2D eigenvalue weighted by molar-refractivity contribution is -0.0268. The molecule has 324 valence electrons. The molecule has 4 bridgehead atoms. The molecular weight excluding hydrogens is 825 g/mol. The molecule has 4 fully saturated rings. The number of fused-ring (bicyclic) bond motifs is 2. The average molecular weight is 873 g/mol. The first-order chi connectivity index (χ1) is 33.5. The zero-order valence-electron chi connectivity index (χ0n) is 37.8. The van der Waals surface area contributed by atoms with Crippen LogP contribution in [-0.2, 0) is 10.8 Å². The summed E-state index contributed by atoms with van der Waals surface area (Å²) >= 11 is 0. The van der Waals surface area contributed by atoms with Crippen LogP contribution in [0.15, 0.2) is 206 Å². The van der Waals surface area contributed by atoms with Crippen molar-refractivity contribution in [1.82, 2.24) is 15.0 Å². The van der Waals surface area contributed by atoms with Crippen LogP contribution in [0.1, 0.15) is 49.7 Å². The Morgan fingerprint density at radius 1 is 0.368 bits per heavy atom. The third kappa shape index (κ3) is 6.84. The maximum Gasteiger partial charge on any atom is 0.187 e. The van der Waals surface area contributed by atoms with Gasteiger partial charge < -0.3 is 0 Å². The number of hydrogen-bond donors (Lipinski definition) is 0. The van der Waals surface area contributed by atoms with Gasteiger partial charge in [0.15, 0.2) is 23.2 Å². The van der Waals surface area contributed by atoms with Gasteiger partial charge in [-0.05, 0) is 139 Å². The summed E-state index contributed by atoms with van der Waals surface area (Å²) in [6.07, 6.45) is 7.58. The number of benzene rings is 9. The van der Waals surface area contributed by atoms with Gasteiger partial charge in [0.05, 0.1) is 6.57 Å². The van der Waals surface area contributed by atoms with E-state index in [1.807, 2.05) is 42.5 Å². The molecule has 1 aromatic heterocycles. The summed E-state index contributed by atoms with van der Waals surface area (Å²) in [6, 6.07) is 74.0. The summed E-state index contributed by atoms with van der Waals surface area (Å²) in [7, 11) is 0. The van der Waals surface area contributed by atoms with E-state index >= 15 is 0 Å². The molecule has 4 saturated carbocycles. The minimum absolute atomic E-state index is 0.114. The van der Waals surface area contributed by atoms with Crippen molar-refractivity contribution in [2.45, 2.75) is 49.4 Å². The van der Waals surface area contributed by atoms with Crippen LogP contribution in [0.5, 0.6) is 0 Å². The standard InChI is InChI=1S/C64H48N4/c1-65-51-21-13-19-49(36-51)53-31-33-59(57-25-11-9-23-55(53)57)64-39-42-34-43(40-64)38-63(37-42,41-64)58-32-30-52(54-22-8-10-24-56(54)58)45-26-28-47(29-27-45)61-66-60(46-16-6-3-7-17-46)67-62(68-61)50-20-12-18-48(35-50)44-14-4-2-5-15-44/h2-33,35-36,42-43H,34,37-41H2. The molecule has 2 atom stereocenters.